The number of aryl methyl sites for hydroxylation is 2. The molecule has 28 heavy (non-hydrogen) atoms. The van der Waals surface area contributed by atoms with Crippen LogP contribution in [0.5, 0.6) is 5.75 Å². The zero-order chi connectivity index (χ0) is 19.9. The first kappa shape index (κ1) is 20.5. The van der Waals surface area contributed by atoms with E-state index in [-0.39, 0.29) is 12.4 Å². The topological polar surface area (TPSA) is 32.7 Å². The van der Waals surface area contributed by atoms with E-state index in [1.54, 1.807) is 23.5 Å². The van der Waals surface area contributed by atoms with Gasteiger partial charge in [-0.3, -0.25) is 4.90 Å². The zero-order valence-electron chi connectivity index (χ0n) is 16.3. The second-order valence-corrected chi connectivity index (χ2v) is 8.41. The summed E-state index contributed by atoms with van der Waals surface area (Å²) in [4.78, 5) is 4.68. The van der Waals surface area contributed by atoms with Gasteiger partial charge < -0.3 is 9.84 Å². The van der Waals surface area contributed by atoms with E-state index in [9.17, 15) is 9.50 Å². The number of thiophene rings is 1. The molecule has 1 N–H and O–H groups in total. The lowest BCUT2D eigenvalue weighted by Gasteiger charge is -2.25. The van der Waals surface area contributed by atoms with E-state index >= 15 is 0 Å². The number of para-hydroxylation sites is 1. The molecule has 0 aliphatic heterocycles. The standard InChI is InChI=1S/C23H26FNO2S/c1-17-5-3-4-6-23(17)27-16-21(26)14-25(15-22-12-7-18(2)28-22)13-19-8-10-20(24)11-9-19/h3-12,21,26H,13-16H2,1-2H3. The molecule has 0 saturated carbocycles. The van der Waals surface area contributed by atoms with Crippen molar-refractivity contribution in [2.75, 3.05) is 13.2 Å². The van der Waals surface area contributed by atoms with Crippen LogP contribution in [0.15, 0.2) is 60.7 Å². The molecule has 0 aliphatic carbocycles. The fourth-order valence-electron chi connectivity index (χ4n) is 3.08. The van der Waals surface area contributed by atoms with Gasteiger partial charge in [-0.1, -0.05) is 30.3 Å². The molecule has 2 aromatic carbocycles. The van der Waals surface area contributed by atoms with E-state index in [1.165, 1.54) is 21.9 Å². The van der Waals surface area contributed by atoms with Crippen molar-refractivity contribution in [1.82, 2.24) is 4.90 Å². The first-order chi connectivity index (χ1) is 13.5. The SMILES string of the molecule is Cc1ccc(CN(Cc2ccc(F)cc2)CC(O)COc2ccccc2C)s1. The lowest BCUT2D eigenvalue weighted by atomic mass is 10.2. The van der Waals surface area contributed by atoms with Gasteiger partial charge in [0.15, 0.2) is 0 Å². The lowest BCUT2D eigenvalue weighted by Crippen LogP contribution is -2.35. The fraction of sp³-hybridized carbons (Fsp3) is 0.304. The maximum Gasteiger partial charge on any atom is 0.123 e. The van der Waals surface area contributed by atoms with Gasteiger partial charge in [0.25, 0.3) is 0 Å². The van der Waals surface area contributed by atoms with Gasteiger partial charge in [0.2, 0.25) is 0 Å². The van der Waals surface area contributed by atoms with Gasteiger partial charge in [0.1, 0.15) is 24.3 Å². The molecule has 0 amide bonds. The highest BCUT2D eigenvalue weighted by Crippen LogP contribution is 2.20. The Morgan fingerprint density at radius 1 is 1.00 bits per heavy atom. The zero-order valence-corrected chi connectivity index (χ0v) is 17.1. The lowest BCUT2D eigenvalue weighted by molar-refractivity contribution is 0.0630. The third kappa shape index (κ3) is 6.16. The van der Waals surface area contributed by atoms with Crippen molar-refractivity contribution in [2.24, 2.45) is 0 Å². The third-order valence-electron chi connectivity index (χ3n) is 4.49. The van der Waals surface area contributed by atoms with Crippen LogP contribution in [0.25, 0.3) is 0 Å². The van der Waals surface area contributed by atoms with Gasteiger partial charge in [-0.2, -0.15) is 0 Å². The molecule has 0 saturated heterocycles. The molecule has 1 atom stereocenters. The number of hydrogen-bond acceptors (Lipinski definition) is 4. The molecular weight excluding hydrogens is 373 g/mol. The van der Waals surface area contributed by atoms with Crippen LogP contribution in [0.2, 0.25) is 0 Å². The van der Waals surface area contributed by atoms with Crippen LogP contribution >= 0.6 is 11.3 Å². The smallest absolute Gasteiger partial charge is 0.123 e. The van der Waals surface area contributed by atoms with Gasteiger partial charge in [-0.25, -0.2) is 4.39 Å². The fourth-order valence-corrected chi connectivity index (χ4v) is 4.01. The van der Waals surface area contributed by atoms with Crippen molar-refractivity contribution in [3.63, 3.8) is 0 Å². The minimum absolute atomic E-state index is 0.230. The Kier molecular flexibility index (Phi) is 7.20. The van der Waals surface area contributed by atoms with Crippen molar-refractivity contribution < 1.29 is 14.2 Å². The van der Waals surface area contributed by atoms with E-state index in [0.717, 1.165) is 23.4 Å². The van der Waals surface area contributed by atoms with Crippen molar-refractivity contribution in [2.45, 2.75) is 33.0 Å². The van der Waals surface area contributed by atoms with Crippen LogP contribution in [0.1, 0.15) is 20.9 Å². The van der Waals surface area contributed by atoms with Crippen molar-refractivity contribution in [1.29, 1.82) is 0 Å². The average molecular weight is 400 g/mol. The minimum atomic E-state index is -0.624. The van der Waals surface area contributed by atoms with Crippen molar-refractivity contribution in [3.8, 4) is 5.75 Å². The van der Waals surface area contributed by atoms with E-state index in [4.69, 9.17) is 4.74 Å². The first-order valence-electron chi connectivity index (χ1n) is 9.38. The summed E-state index contributed by atoms with van der Waals surface area (Å²) >= 11 is 1.75. The van der Waals surface area contributed by atoms with Crippen LogP contribution < -0.4 is 4.74 Å². The van der Waals surface area contributed by atoms with Crippen molar-refractivity contribution in [3.05, 3.63) is 87.4 Å². The maximum atomic E-state index is 13.2. The molecule has 0 radical (unpaired) electrons. The highest BCUT2D eigenvalue weighted by atomic mass is 32.1. The summed E-state index contributed by atoms with van der Waals surface area (Å²) in [6.07, 6.45) is -0.624. The molecular formula is C23H26FNO2S. The Morgan fingerprint density at radius 3 is 2.43 bits per heavy atom. The Bertz CT molecular complexity index is 878. The predicted molar refractivity (Wildman–Crippen MR) is 112 cm³/mol. The van der Waals surface area contributed by atoms with E-state index in [1.807, 2.05) is 31.2 Å². The molecule has 0 spiro atoms. The third-order valence-corrected chi connectivity index (χ3v) is 5.47. The summed E-state index contributed by atoms with van der Waals surface area (Å²) in [7, 11) is 0. The van der Waals surface area contributed by atoms with E-state index in [0.29, 0.717) is 13.1 Å². The van der Waals surface area contributed by atoms with Crippen LogP contribution in [0, 0.1) is 19.7 Å². The molecule has 148 valence electrons. The minimum Gasteiger partial charge on any atom is -0.491 e. The molecule has 3 nitrogen and oxygen atoms in total. The number of benzene rings is 2. The predicted octanol–water partition coefficient (Wildman–Crippen LogP) is 4.95. The maximum absolute atomic E-state index is 13.2. The average Bonchev–Trinajstić information content (AvgIpc) is 3.07. The number of halogens is 1. The van der Waals surface area contributed by atoms with Crippen LogP contribution in [-0.2, 0) is 13.1 Å². The Hall–Kier alpha value is -2.21. The number of hydrogen-bond donors (Lipinski definition) is 1. The summed E-state index contributed by atoms with van der Waals surface area (Å²) in [6, 6.07) is 18.5. The normalized spacial score (nSPS) is 12.3. The largest absolute Gasteiger partial charge is 0.491 e. The number of nitrogens with zero attached hydrogens (tertiary/aromatic N) is 1. The van der Waals surface area contributed by atoms with Gasteiger partial charge >= 0.3 is 0 Å². The van der Waals surface area contributed by atoms with Gasteiger partial charge in [0, 0.05) is 29.4 Å². The molecule has 5 heteroatoms. The molecule has 1 unspecified atom stereocenters. The van der Waals surface area contributed by atoms with Crippen molar-refractivity contribution >= 4 is 11.3 Å². The number of rotatable bonds is 9. The highest BCUT2D eigenvalue weighted by Gasteiger charge is 2.15. The molecule has 1 heterocycles. The molecule has 3 rings (SSSR count). The summed E-state index contributed by atoms with van der Waals surface area (Å²) < 4.78 is 19.0. The van der Waals surface area contributed by atoms with Gasteiger partial charge in [-0.05, 0) is 55.3 Å². The van der Waals surface area contributed by atoms with E-state index < -0.39 is 6.10 Å². The second-order valence-electron chi connectivity index (χ2n) is 7.04. The Morgan fingerprint density at radius 2 is 1.75 bits per heavy atom. The summed E-state index contributed by atoms with van der Waals surface area (Å²) in [6.45, 7) is 6.15. The molecule has 3 aromatic rings. The summed E-state index contributed by atoms with van der Waals surface area (Å²) in [5.41, 5.74) is 2.06. The highest BCUT2D eigenvalue weighted by molar-refractivity contribution is 7.11. The van der Waals surface area contributed by atoms with Crippen LogP contribution in [0.3, 0.4) is 0 Å². The molecule has 0 bridgehead atoms. The Labute approximate surface area is 170 Å². The monoisotopic (exact) mass is 399 g/mol. The summed E-state index contributed by atoms with van der Waals surface area (Å²) in [5, 5.41) is 10.6. The van der Waals surface area contributed by atoms with E-state index in [2.05, 4.69) is 24.0 Å². The van der Waals surface area contributed by atoms with Gasteiger partial charge in [0.05, 0.1) is 0 Å². The van der Waals surface area contributed by atoms with Crippen LogP contribution in [-0.4, -0.2) is 29.3 Å². The molecule has 1 aromatic heterocycles. The molecule has 0 aliphatic rings. The first-order valence-corrected chi connectivity index (χ1v) is 10.2. The number of aliphatic hydroxyl groups is 1. The number of aliphatic hydroxyl groups excluding tert-OH is 1. The number of ether oxygens (including phenoxy) is 1. The summed E-state index contributed by atoms with van der Waals surface area (Å²) in [5.74, 6) is 0.552. The second kappa shape index (κ2) is 9.82. The molecule has 0 fully saturated rings. The Balaban J connectivity index is 1.63. The van der Waals surface area contributed by atoms with Crippen LogP contribution in [0.4, 0.5) is 4.39 Å². The van der Waals surface area contributed by atoms with Gasteiger partial charge in [-0.15, -0.1) is 11.3 Å². The quantitative estimate of drug-likeness (QED) is 0.553.